The Labute approximate surface area is 228 Å². The first-order chi connectivity index (χ1) is 18.3. The van der Waals surface area contributed by atoms with Gasteiger partial charge in [-0.2, -0.15) is 5.26 Å². The van der Waals surface area contributed by atoms with Gasteiger partial charge >= 0.3 is 6.03 Å². The number of rotatable bonds is 7. The summed E-state index contributed by atoms with van der Waals surface area (Å²) in [5.74, 6) is 0.732. The van der Waals surface area contributed by atoms with Crippen molar-refractivity contribution in [2.24, 2.45) is 0 Å². The van der Waals surface area contributed by atoms with Crippen LogP contribution in [0, 0.1) is 11.3 Å². The molecule has 9 heteroatoms. The van der Waals surface area contributed by atoms with Crippen molar-refractivity contribution < 1.29 is 9.53 Å². The zero-order valence-corrected chi connectivity index (χ0v) is 23.2. The van der Waals surface area contributed by atoms with Crippen molar-refractivity contribution in [3.63, 3.8) is 0 Å². The maximum absolute atomic E-state index is 13.0. The molecule has 38 heavy (non-hydrogen) atoms. The monoisotopic (exact) mass is 530 g/mol. The molecule has 2 aromatic carbocycles. The van der Waals surface area contributed by atoms with Gasteiger partial charge in [0.05, 0.1) is 24.6 Å². The van der Waals surface area contributed by atoms with Gasteiger partial charge in [-0.3, -0.25) is 0 Å². The molecule has 8 nitrogen and oxygen atoms in total. The van der Waals surface area contributed by atoms with Crippen molar-refractivity contribution in [3.8, 4) is 33.0 Å². The maximum Gasteiger partial charge on any atom is 0.317 e. The second-order valence-corrected chi connectivity index (χ2v) is 11.5. The highest BCUT2D eigenvalue weighted by Gasteiger charge is 2.32. The van der Waals surface area contributed by atoms with Crippen molar-refractivity contribution in [2.75, 3.05) is 27.2 Å². The lowest BCUT2D eigenvalue weighted by Gasteiger charge is -2.23. The average Bonchev–Trinajstić information content (AvgIpc) is 3.65. The molecular formula is C29H34N6O2S. The number of carbonyl (C=O) groups is 1. The lowest BCUT2D eigenvalue weighted by atomic mass is 10.0. The molecule has 1 fully saturated rings. The SMILES string of the molecule is CC(C)Oc1ccc(-c2nnc(-c3cccc4c3CCC4NC(=O)N3CC[C@@H](N(C)C)C3)s2)cc1CC#N. The number of urea groups is 1. The molecule has 2 atom stereocenters. The van der Waals surface area contributed by atoms with Crippen LogP contribution in [0.5, 0.6) is 5.75 Å². The van der Waals surface area contributed by atoms with Gasteiger partial charge in [0.15, 0.2) is 0 Å². The summed E-state index contributed by atoms with van der Waals surface area (Å²) in [7, 11) is 4.14. The van der Waals surface area contributed by atoms with Crippen molar-refractivity contribution in [2.45, 2.75) is 57.7 Å². The van der Waals surface area contributed by atoms with Crippen molar-refractivity contribution in [1.82, 2.24) is 25.3 Å². The zero-order chi connectivity index (χ0) is 26.8. The van der Waals surface area contributed by atoms with E-state index in [4.69, 9.17) is 4.74 Å². The summed E-state index contributed by atoms with van der Waals surface area (Å²) >= 11 is 1.54. The van der Waals surface area contributed by atoms with Crippen LogP contribution in [0.25, 0.3) is 21.1 Å². The van der Waals surface area contributed by atoms with E-state index in [-0.39, 0.29) is 24.6 Å². The lowest BCUT2D eigenvalue weighted by Crippen LogP contribution is -2.41. The number of nitrogens with one attached hydrogen (secondary N) is 1. The van der Waals surface area contributed by atoms with Gasteiger partial charge in [0.2, 0.25) is 0 Å². The van der Waals surface area contributed by atoms with E-state index in [1.807, 2.05) is 43.0 Å². The molecule has 2 heterocycles. The second kappa shape index (κ2) is 11.1. The number of nitrogens with zero attached hydrogens (tertiary/aromatic N) is 5. The molecule has 1 aromatic heterocycles. The fraction of sp³-hybridized carbons (Fsp3) is 0.448. The largest absolute Gasteiger partial charge is 0.491 e. The van der Waals surface area contributed by atoms with E-state index in [2.05, 4.69) is 52.7 Å². The van der Waals surface area contributed by atoms with Crippen LogP contribution >= 0.6 is 11.3 Å². The van der Waals surface area contributed by atoms with Gasteiger partial charge in [-0.05, 0) is 76.5 Å². The van der Waals surface area contributed by atoms with E-state index in [1.165, 1.54) is 11.1 Å². The molecule has 3 aromatic rings. The van der Waals surface area contributed by atoms with E-state index in [9.17, 15) is 10.1 Å². The molecular weight excluding hydrogens is 496 g/mol. The molecule has 2 aliphatic rings. The Morgan fingerprint density at radius 3 is 2.79 bits per heavy atom. The Hall–Kier alpha value is -3.48. The van der Waals surface area contributed by atoms with E-state index < -0.39 is 0 Å². The van der Waals surface area contributed by atoms with E-state index in [0.29, 0.717) is 6.04 Å². The topological polar surface area (TPSA) is 94.4 Å². The predicted octanol–water partition coefficient (Wildman–Crippen LogP) is 5.06. The fourth-order valence-corrected chi connectivity index (χ4v) is 6.24. The number of benzene rings is 2. The van der Waals surface area contributed by atoms with Crippen molar-refractivity contribution >= 4 is 17.4 Å². The highest BCUT2D eigenvalue weighted by Crippen LogP contribution is 2.40. The third-order valence-electron chi connectivity index (χ3n) is 7.34. The van der Waals surface area contributed by atoms with Gasteiger partial charge in [0, 0.05) is 35.8 Å². The molecule has 5 rings (SSSR count). The Morgan fingerprint density at radius 2 is 2.05 bits per heavy atom. The Bertz CT molecular complexity index is 1360. The number of aromatic nitrogens is 2. The third-order valence-corrected chi connectivity index (χ3v) is 8.35. The molecule has 1 aliphatic heterocycles. The van der Waals surface area contributed by atoms with E-state index in [0.717, 1.165) is 64.8 Å². The molecule has 0 spiro atoms. The summed E-state index contributed by atoms with van der Waals surface area (Å²) in [5, 5.41) is 23.3. The quantitative estimate of drug-likeness (QED) is 0.459. The standard InChI is InChI=1S/C29H34N6O2S/c1-18(2)37-26-11-8-20(16-19(26)12-14-30)27-32-33-28(38-27)24-7-5-6-23-22(24)9-10-25(23)31-29(36)35-15-13-21(17-35)34(3)4/h5-8,11,16,18,21,25H,9-10,12-13,15,17H2,1-4H3,(H,31,36)/t21-,25?/m1/s1. The number of hydrogen-bond acceptors (Lipinski definition) is 7. The number of likely N-dealkylation sites (N-methyl/N-ethyl adjacent to an activating group) is 1. The highest BCUT2D eigenvalue weighted by atomic mass is 32.1. The number of carbonyl (C=O) groups excluding carboxylic acids is 1. The molecule has 0 bridgehead atoms. The second-order valence-electron chi connectivity index (χ2n) is 10.5. The Balaban J connectivity index is 1.34. The van der Waals surface area contributed by atoms with Gasteiger partial charge in [-0.1, -0.05) is 29.5 Å². The first-order valence-electron chi connectivity index (χ1n) is 13.2. The van der Waals surface area contributed by atoms with Crippen LogP contribution in [0.15, 0.2) is 36.4 Å². The fourth-order valence-electron chi connectivity index (χ4n) is 5.35. The van der Waals surface area contributed by atoms with Crippen LogP contribution in [-0.2, 0) is 12.8 Å². The normalized spacial score (nSPS) is 18.6. The maximum atomic E-state index is 13.0. The number of nitriles is 1. The number of likely N-dealkylation sites (tertiary alicyclic amines) is 1. The number of amides is 2. The van der Waals surface area contributed by atoms with E-state index in [1.54, 1.807) is 11.3 Å². The molecule has 1 aliphatic carbocycles. The highest BCUT2D eigenvalue weighted by molar-refractivity contribution is 7.17. The summed E-state index contributed by atoms with van der Waals surface area (Å²) < 4.78 is 5.88. The molecule has 0 radical (unpaired) electrons. The van der Waals surface area contributed by atoms with Crippen molar-refractivity contribution in [1.29, 1.82) is 5.26 Å². The minimum Gasteiger partial charge on any atom is -0.491 e. The van der Waals surface area contributed by atoms with Crippen LogP contribution in [0.4, 0.5) is 4.79 Å². The zero-order valence-electron chi connectivity index (χ0n) is 22.4. The molecule has 1 N–H and O–H groups in total. The molecule has 1 saturated heterocycles. The first-order valence-corrected chi connectivity index (χ1v) is 14.0. The predicted molar refractivity (Wildman–Crippen MR) is 149 cm³/mol. The molecule has 1 unspecified atom stereocenters. The summed E-state index contributed by atoms with van der Waals surface area (Å²) in [5.41, 5.74) is 5.26. The average molecular weight is 531 g/mol. The van der Waals surface area contributed by atoms with Crippen molar-refractivity contribution in [3.05, 3.63) is 53.1 Å². The van der Waals surface area contributed by atoms with Crippen LogP contribution < -0.4 is 10.1 Å². The van der Waals surface area contributed by atoms with Crippen LogP contribution in [-0.4, -0.2) is 65.4 Å². The smallest absolute Gasteiger partial charge is 0.317 e. The first kappa shape index (κ1) is 26.1. The summed E-state index contributed by atoms with van der Waals surface area (Å²) in [6, 6.07) is 14.8. The minimum absolute atomic E-state index is 0.00490. The van der Waals surface area contributed by atoms with Crippen LogP contribution in [0.1, 0.15) is 49.4 Å². The molecule has 198 valence electrons. The van der Waals surface area contributed by atoms with Gasteiger partial charge in [-0.15, -0.1) is 10.2 Å². The summed E-state index contributed by atoms with van der Waals surface area (Å²) in [6.07, 6.45) is 3.08. The van der Waals surface area contributed by atoms with Gasteiger partial charge in [0.1, 0.15) is 15.8 Å². The van der Waals surface area contributed by atoms with Gasteiger partial charge in [0.25, 0.3) is 0 Å². The third kappa shape index (κ3) is 5.38. The van der Waals surface area contributed by atoms with Crippen LogP contribution in [0.3, 0.4) is 0 Å². The molecule has 2 amide bonds. The van der Waals surface area contributed by atoms with E-state index >= 15 is 0 Å². The summed E-state index contributed by atoms with van der Waals surface area (Å²) in [6.45, 7) is 5.51. The number of ether oxygens (including phenoxy) is 1. The Kier molecular flexibility index (Phi) is 7.63. The molecule has 0 saturated carbocycles. The minimum atomic E-state index is 0.00490. The number of fused-ring (bicyclic) bond motifs is 1. The van der Waals surface area contributed by atoms with Crippen LogP contribution in [0.2, 0.25) is 0 Å². The number of hydrogen-bond donors (Lipinski definition) is 1. The Morgan fingerprint density at radius 1 is 1.24 bits per heavy atom. The van der Waals surface area contributed by atoms with Gasteiger partial charge in [-0.25, -0.2) is 4.79 Å². The van der Waals surface area contributed by atoms with Gasteiger partial charge < -0.3 is 19.9 Å². The summed E-state index contributed by atoms with van der Waals surface area (Å²) in [4.78, 5) is 17.1. The lowest BCUT2D eigenvalue weighted by molar-refractivity contribution is 0.199.